The minimum Gasteiger partial charge on any atom is -0.507 e. The van der Waals surface area contributed by atoms with Crippen molar-refractivity contribution in [2.45, 2.75) is 59.9 Å². The Morgan fingerprint density at radius 1 is 1.11 bits per heavy atom. The second-order valence-corrected chi connectivity index (χ2v) is 10.5. The maximum atomic E-state index is 13.4. The first-order chi connectivity index (χ1) is 17.4. The number of carbonyl (C=O) groups is 3. The summed E-state index contributed by atoms with van der Waals surface area (Å²) in [5.41, 5.74) is 3.32. The van der Waals surface area contributed by atoms with Crippen LogP contribution in [0.3, 0.4) is 0 Å². The van der Waals surface area contributed by atoms with E-state index in [0.717, 1.165) is 24.2 Å². The first-order valence-corrected chi connectivity index (χ1v) is 12.8. The Bertz CT molecular complexity index is 1210. The number of aliphatic hydroxyl groups is 1. The van der Waals surface area contributed by atoms with Crippen molar-refractivity contribution in [2.75, 3.05) is 33.3 Å². The van der Waals surface area contributed by atoms with Crippen LogP contribution in [-0.2, 0) is 19.7 Å². The van der Waals surface area contributed by atoms with Crippen LogP contribution in [-0.4, -0.2) is 70.8 Å². The normalized spacial score (nSPS) is 17.6. The highest BCUT2D eigenvalue weighted by molar-refractivity contribution is 6.46. The van der Waals surface area contributed by atoms with Crippen LogP contribution in [0.1, 0.15) is 79.1 Å². The Hall–Kier alpha value is -3.39. The average Bonchev–Trinajstić information content (AvgIpc) is 3.30. The predicted molar refractivity (Wildman–Crippen MR) is 144 cm³/mol. The molecule has 1 aliphatic rings. The Labute approximate surface area is 219 Å². The van der Waals surface area contributed by atoms with Crippen molar-refractivity contribution in [2.24, 2.45) is 0 Å². The summed E-state index contributed by atoms with van der Waals surface area (Å²) >= 11 is 0. The summed E-state index contributed by atoms with van der Waals surface area (Å²) in [7, 11) is 1.28. The van der Waals surface area contributed by atoms with E-state index in [9.17, 15) is 19.5 Å². The molecule has 8 nitrogen and oxygen atoms in total. The second-order valence-electron chi connectivity index (χ2n) is 10.5. The number of likely N-dealkylation sites (N-methyl/N-ethyl adjacent to an activating group) is 1. The number of aryl methyl sites for hydroxylation is 1. The number of aromatic nitrogens is 1. The number of Topliss-reactive ketones (excluding diaryl/α,β-unsaturated/α-hetero) is 1. The van der Waals surface area contributed by atoms with Crippen LogP contribution in [0.4, 0.5) is 0 Å². The highest BCUT2D eigenvalue weighted by Crippen LogP contribution is 2.41. The fourth-order valence-electron chi connectivity index (χ4n) is 4.96. The summed E-state index contributed by atoms with van der Waals surface area (Å²) in [5, 5.41) is 11.5. The summed E-state index contributed by atoms with van der Waals surface area (Å²) in [5.74, 6) is -2.25. The number of rotatable bonds is 8. The van der Waals surface area contributed by atoms with Crippen molar-refractivity contribution in [3.63, 3.8) is 0 Å². The average molecular weight is 510 g/mol. The molecule has 2 heterocycles. The summed E-state index contributed by atoms with van der Waals surface area (Å²) in [6.07, 6.45) is 0. The molecular formula is C29H39N3O5. The molecule has 37 heavy (non-hydrogen) atoms. The number of aliphatic hydroxyl groups excluding tert-OH is 1. The molecule has 0 saturated carbocycles. The number of ether oxygens (including phenoxy) is 1. The molecule has 1 aromatic heterocycles. The molecule has 1 atom stereocenters. The smallest absolute Gasteiger partial charge is 0.354 e. The molecule has 1 amide bonds. The van der Waals surface area contributed by atoms with Gasteiger partial charge in [-0.05, 0) is 49.0 Å². The molecule has 0 spiro atoms. The predicted octanol–water partition coefficient (Wildman–Crippen LogP) is 4.48. The van der Waals surface area contributed by atoms with E-state index in [4.69, 9.17) is 4.74 Å². The van der Waals surface area contributed by atoms with E-state index in [-0.39, 0.29) is 22.4 Å². The summed E-state index contributed by atoms with van der Waals surface area (Å²) in [4.78, 5) is 45.7. The van der Waals surface area contributed by atoms with Gasteiger partial charge < -0.3 is 24.6 Å². The number of nitrogens with one attached hydrogen (secondary N) is 1. The molecule has 0 unspecified atom stereocenters. The lowest BCUT2D eigenvalue weighted by atomic mass is 9.85. The summed E-state index contributed by atoms with van der Waals surface area (Å²) < 4.78 is 4.85. The summed E-state index contributed by atoms with van der Waals surface area (Å²) in [6, 6.07) is 7.10. The molecule has 8 heteroatoms. The van der Waals surface area contributed by atoms with Gasteiger partial charge in [0.15, 0.2) is 0 Å². The molecular weight excluding hydrogens is 470 g/mol. The number of hydrogen-bond acceptors (Lipinski definition) is 6. The topological polar surface area (TPSA) is 103 Å². The van der Waals surface area contributed by atoms with E-state index in [1.165, 1.54) is 7.11 Å². The molecule has 2 aromatic rings. The first-order valence-electron chi connectivity index (χ1n) is 12.8. The van der Waals surface area contributed by atoms with Crippen LogP contribution in [0.5, 0.6) is 0 Å². The van der Waals surface area contributed by atoms with Crippen molar-refractivity contribution in [1.82, 2.24) is 14.8 Å². The molecule has 3 rings (SSSR count). The zero-order chi connectivity index (χ0) is 27.7. The van der Waals surface area contributed by atoms with E-state index in [0.29, 0.717) is 29.9 Å². The number of nitrogens with zero attached hydrogens (tertiary/aromatic N) is 2. The number of likely N-dealkylation sites (tertiary alicyclic amines) is 1. The van der Waals surface area contributed by atoms with Crippen LogP contribution in [0.2, 0.25) is 0 Å². The van der Waals surface area contributed by atoms with Crippen molar-refractivity contribution < 1.29 is 24.2 Å². The third-order valence-electron chi connectivity index (χ3n) is 7.25. The highest BCUT2D eigenvalue weighted by atomic mass is 16.5. The lowest BCUT2D eigenvalue weighted by molar-refractivity contribution is -0.140. The van der Waals surface area contributed by atoms with Gasteiger partial charge >= 0.3 is 5.97 Å². The molecule has 1 fully saturated rings. The molecule has 1 aliphatic heterocycles. The number of carbonyl (C=O) groups excluding carboxylic acids is 3. The monoisotopic (exact) mass is 509 g/mol. The minimum atomic E-state index is -0.750. The Kier molecular flexibility index (Phi) is 8.32. The van der Waals surface area contributed by atoms with Crippen molar-refractivity contribution in [3.05, 3.63) is 63.5 Å². The second kappa shape index (κ2) is 10.9. The quantitative estimate of drug-likeness (QED) is 0.235. The SMILES string of the molecule is CCN(CC)CCN1C(=O)C(=O)/C(=C(/O)c2c(C)[nH]c(C(=O)OC)c2C)[C@H]1c1ccc(C(C)(C)C)cc1. The number of aromatic amines is 1. The van der Waals surface area contributed by atoms with Crippen molar-refractivity contribution in [3.8, 4) is 0 Å². The largest absolute Gasteiger partial charge is 0.507 e. The third-order valence-corrected chi connectivity index (χ3v) is 7.25. The lowest BCUT2D eigenvalue weighted by Crippen LogP contribution is -2.38. The van der Waals surface area contributed by atoms with Gasteiger partial charge in [0.2, 0.25) is 0 Å². The zero-order valence-corrected chi connectivity index (χ0v) is 23.2. The molecule has 0 aliphatic carbocycles. The van der Waals surface area contributed by atoms with E-state index in [2.05, 4.69) is 44.5 Å². The third kappa shape index (κ3) is 5.34. The standard InChI is InChI=1S/C29H39N3O5/c1-9-31(10-2)15-16-32-24(19-11-13-20(14-12-19)29(5,6)7)22(26(34)27(32)35)25(33)21-17(3)23(28(36)37-8)30-18(21)4/h11-14,24,30,33H,9-10,15-16H2,1-8H3/b25-22+/t24-/m1/s1. The van der Waals surface area contributed by atoms with E-state index < -0.39 is 23.7 Å². The van der Waals surface area contributed by atoms with Gasteiger partial charge in [-0.25, -0.2) is 4.79 Å². The molecule has 1 saturated heterocycles. The number of hydrogen-bond donors (Lipinski definition) is 2. The van der Waals surface area contributed by atoms with Gasteiger partial charge in [-0.1, -0.05) is 58.9 Å². The van der Waals surface area contributed by atoms with Gasteiger partial charge in [0, 0.05) is 24.3 Å². The van der Waals surface area contributed by atoms with Gasteiger partial charge in [0.1, 0.15) is 11.5 Å². The number of ketones is 1. The Morgan fingerprint density at radius 2 is 1.70 bits per heavy atom. The van der Waals surface area contributed by atoms with Gasteiger partial charge in [0.25, 0.3) is 11.7 Å². The first kappa shape index (κ1) is 28.2. The van der Waals surface area contributed by atoms with Gasteiger partial charge in [-0.2, -0.15) is 0 Å². The Morgan fingerprint density at radius 3 is 2.22 bits per heavy atom. The number of H-pyrrole nitrogens is 1. The van der Waals surface area contributed by atoms with Crippen LogP contribution in [0, 0.1) is 13.8 Å². The number of benzene rings is 1. The van der Waals surface area contributed by atoms with Crippen molar-refractivity contribution >= 4 is 23.4 Å². The number of esters is 1. The number of methoxy groups -OCH3 is 1. The molecule has 1 aromatic carbocycles. The molecule has 0 radical (unpaired) electrons. The lowest BCUT2D eigenvalue weighted by Gasteiger charge is -2.28. The summed E-state index contributed by atoms with van der Waals surface area (Å²) in [6.45, 7) is 16.4. The zero-order valence-electron chi connectivity index (χ0n) is 23.2. The van der Waals surface area contributed by atoms with Gasteiger partial charge in [0.05, 0.1) is 18.7 Å². The van der Waals surface area contributed by atoms with E-state index in [1.807, 2.05) is 24.3 Å². The fourth-order valence-corrected chi connectivity index (χ4v) is 4.96. The van der Waals surface area contributed by atoms with Crippen molar-refractivity contribution in [1.29, 1.82) is 0 Å². The highest BCUT2D eigenvalue weighted by Gasteiger charge is 2.46. The maximum Gasteiger partial charge on any atom is 0.354 e. The van der Waals surface area contributed by atoms with Crippen LogP contribution in [0.25, 0.3) is 5.76 Å². The van der Waals surface area contributed by atoms with Crippen LogP contribution in [0.15, 0.2) is 29.8 Å². The molecule has 0 bridgehead atoms. The fraction of sp³-hybridized carbons (Fsp3) is 0.483. The van der Waals surface area contributed by atoms with Gasteiger partial charge in [-0.15, -0.1) is 0 Å². The van der Waals surface area contributed by atoms with E-state index in [1.54, 1.807) is 18.7 Å². The number of amides is 1. The molecule has 2 N–H and O–H groups in total. The maximum absolute atomic E-state index is 13.4. The van der Waals surface area contributed by atoms with Crippen LogP contribution >= 0.6 is 0 Å². The Balaban J connectivity index is 2.19. The van der Waals surface area contributed by atoms with Gasteiger partial charge in [-0.3, -0.25) is 9.59 Å². The van der Waals surface area contributed by atoms with Crippen LogP contribution < -0.4 is 0 Å². The van der Waals surface area contributed by atoms with E-state index >= 15 is 0 Å². The minimum absolute atomic E-state index is 0.0228. The molecule has 200 valence electrons.